The molecule has 0 atom stereocenters. The van der Waals surface area contributed by atoms with Crippen molar-refractivity contribution in [1.29, 1.82) is 0 Å². The Bertz CT molecular complexity index is 1090. The fraction of sp³-hybridized carbons (Fsp3) is 0.320. The van der Waals surface area contributed by atoms with Gasteiger partial charge in [-0.25, -0.2) is 4.98 Å². The summed E-state index contributed by atoms with van der Waals surface area (Å²) in [4.78, 5) is 35.7. The number of benzene rings is 2. The van der Waals surface area contributed by atoms with Crippen LogP contribution in [0.15, 0.2) is 54.6 Å². The second-order valence-corrected chi connectivity index (χ2v) is 8.34. The minimum atomic E-state index is -0.0752. The van der Waals surface area contributed by atoms with Gasteiger partial charge in [-0.1, -0.05) is 30.3 Å². The lowest BCUT2D eigenvalue weighted by Crippen LogP contribution is -2.37. The van der Waals surface area contributed by atoms with Crippen molar-refractivity contribution in [3.63, 3.8) is 0 Å². The topological polar surface area (TPSA) is 56.8 Å². The molecule has 0 bridgehead atoms. The molecular formula is C25H30N4O2. The van der Waals surface area contributed by atoms with Gasteiger partial charge in [0.15, 0.2) is 0 Å². The van der Waals surface area contributed by atoms with Crippen LogP contribution in [0.2, 0.25) is 0 Å². The lowest BCUT2D eigenvalue weighted by Gasteiger charge is -2.28. The standard InChI is InChI=1S/C25H30N4O2/c1-17(2)29(19-13-11-18(12-14-19)15-24(30)28(5)6)25(31)21-16-23(27(3)4)26-22-10-8-7-9-20(21)22/h7-14,16-17H,15H2,1-6H3. The highest BCUT2D eigenvalue weighted by Crippen LogP contribution is 2.27. The van der Waals surface area contributed by atoms with Crippen LogP contribution >= 0.6 is 0 Å². The molecule has 1 heterocycles. The zero-order chi connectivity index (χ0) is 22.7. The van der Waals surface area contributed by atoms with Gasteiger partial charge < -0.3 is 14.7 Å². The third kappa shape index (κ3) is 4.85. The van der Waals surface area contributed by atoms with E-state index in [-0.39, 0.29) is 17.9 Å². The molecule has 0 fully saturated rings. The quantitative estimate of drug-likeness (QED) is 0.607. The van der Waals surface area contributed by atoms with Crippen LogP contribution < -0.4 is 9.80 Å². The van der Waals surface area contributed by atoms with Crippen molar-refractivity contribution in [2.24, 2.45) is 0 Å². The van der Waals surface area contributed by atoms with E-state index in [4.69, 9.17) is 0 Å². The molecule has 0 saturated carbocycles. The van der Waals surface area contributed by atoms with Crippen LogP contribution in [0.1, 0.15) is 29.8 Å². The molecule has 0 spiro atoms. The number of para-hydroxylation sites is 1. The normalized spacial score (nSPS) is 10.9. The van der Waals surface area contributed by atoms with Gasteiger partial charge in [-0.15, -0.1) is 0 Å². The molecule has 0 saturated heterocycles. The molecule has 3 rings (SSSR count). The number of rotatable bonds is 6. The van der Waals surface area contributed by atoms with E-state index in [0.717, 1.165) is 28.0 Å². The molecule has 0 aliphatic carbocycles. The number of pyridine rings is 1. The van der Waals surface area contributed by atoms with E-state index in [1.807, 2.05) is 87.4 Å². The van der Waals surface area contributed by atoms with Crippen LogP contribution in [0.4, 0.5) is 11.5 Å². The van der Waals surface area contributed by atoms with Crippen molar-refractivity contribution in [3.8, 4) is 0 Å². The Morgan fingerprint density at radius 2 is 1.58 bits per heavy atom. The average molecular weight is 419 g/mol. The van der Waals surface area contributed by atoms with Gasteiger partial charge in [-0.2, -0.15) is 0 Å². The van der Waals surface area contributed by atoms with E-state index in [1.54, 1.807) is 23.9 Å². The lowest BCUT2D eigenvalue weighted by molar-refractivity contribution is -0.127. The molecule has 2 amide bonds. The molecule has 0 unspecified atom stereocenters. The monoisotopic (exact) mass is 418 g/mol. The van der Waals surface area contributed by atoms with Crippen LogP contribution in [0.5, 0.6) is 0 Å². The number of hydrogen-bond donors (Lipinski definition) is 0. The molecule has 3 aromatic rings. The summed E-state index contributed by atoms with van der Waals surface area (Å²) in [5, 5.41) is 0.831. The Balaban J connectivity index is 2.01. The first-order valence-corrected chi connectivity index (χ1v) is 10.4. The Kier molecular flexibility index (Phi) is 6.59. The number of carbonyl (C=O) groups excluding carboxylic acids is 2. The third-order valence-corrected chi connectivity index (χ3v) is 5.20. The van der Waals surface area contributed by atoms with Crippen LogP contribution in [-0.4, -0.2) is 55.9 Å². The van der Waals surface area contributed by atoms with Crippen molar-refractivity contribution in [2.45, 2.75) is 26.3 Å². The smallest absolute Gasteiger partial charge is 0.259 e. The summed E-state index contributed by atoms with van der Waals surface area (Å²) in [7, 11) is 7.33. The average Bonchev–Trinajstić information content (AvgIpc) is 2.73. The predicted octanol–water partition coefficient (Wildman–Crippen LogP) is 3.99. The summed E-state index contributed by atoms with van der Waals surface area (Å²) in [6, 6.07) is 17.2. The largest absolute Gasteiger partial charge is 0.363 e. The molecule has 0 radical (unpaired) electrons. The first-order valence-electron chi connectivity index (χ1n) is 10.4. The van der Waals surface area contributed by atoms with E-state index < -0.39 is 0 Å². The summed E-state index contributed by atoms with van der Waals surface area (Å²) in [6.07, 6.45) is 0.337. The van der Waals surface area contributed by atoms with Crippen molar-refractivity contribution in [1.82, 2.24) is 9.88 Å². The summed E-state index contributed by atoms with van der Waals surface area (Å²) in [5.74, 6) is 0.709. The van der Waals surface area contributed by atoms with E-state index in [0.29, 0.717) is 12.0 Å². The number of nitrogens with zero attached hydrogens (tertiary/aromatic N) is 4. The first-order chi connectivity index (χ1) is 14.7. The molecule has 0 aliphatic heterocycles. The number of carbonyl (C=O) groups is 2. The van der Waals surface area contributed by atoms with Crippen molar-refractivity contribution < 1.29 is 9.59 Å². The number of aromatic nitrogens is 1. The SMILES string of the molecule is CC(C)N(C(=O)c1cc(N(C)C)nc2ccccc12)c1ccc(CC(=O)N(C)C)cc1. The zero-order valence-electron chi connectivity index (χ0n) is 19.1. The van der Waals surface area contributed by atoms with Crippen molar-refractivity contribution in [3.05, 3.63) is 65.7 Å². The van der Waals surface area contributed by atoms with Gasteiger partial charge in [-0.3, -0.25) is 9.59 Å². The van der Waals surface area contributed by atoms with Gasteiger partial charge in [0.05, 0.1) is 17.5 Å². The minimum absolute atomic E-state index is 0.0449. The number of amides is 2. The second-order valence-electron chi connectivity index (χ2n) is 8.34. The maximum atomic E-state index is 13.7. The van der Waals surface area contributed by atoms with Crippen LogP contribution in [-0.2, 0) is 11.2 Å². The summed E-state index contributed by atoms with van der Waals surface area (Å²) in [6.45, 7) is 4.00. The van der Waals surface area contributed by atoms with Crippen molar-refractivity contribution >= 4 is 34.2 Å². The van der Waals surface area contributed by atoms with Crippen molar-refractivity contribution in [2.75, 3.05) is 38.0 Å². The maximum Gasteiger partial charge on any atom is 0.259 e. The second kappa shape index (κ2) is 9.16. The molecular weight excluding hydrogens is 388 g/mol. The van der Waals surface area contributed by atoms with Gasteiger partial charge in [0.25, 0.3) is 5.91 Å². The van der Waals surface area contributed by atoms with Crippen LogP contribution in [0.3, 0.4) is 0 Å². The Labute approximate surface area is 184 Å². The minimum Gasteiger partial charge on any atom is -0.363 e. The maximum absolute atomic E-state index is 13.7. The molecule has 6 nitrogen and oxygen atoms in total. The summed E-state index contributed by atoms with van der Waals surface area (Å²) < 4.78 is 0. The third-order valence-electron chi connectivity index (χ3n) is 5.20. The summed E-state index contributed by atoms with van der Waals surface area (Å²) >= 11 is 0. The van der Waals surface area contributed by atoms with E-state index in [2.05, 4.69) is 4.98 Å². The molecule has 162 valence electrons. The van der Waals surface area contributed by atoms with Gasteiger partial charge in [0.2, 0.25) is 5.91 Å². The lowest BCUT2D eigenvalue weighted by atomic mass is 10.0. The van der Waals surface area contributed by atoms with Gasteiger partial charge >= 0.3 is 0 Å². The molecule has 6 heteroatoms. The fourth-order valence-corrected chi connectivity index (χ4v) is 3.45. The van der Waals surface area contributed by atoms with Crippen LogP contribution in [0.25, 0.3) is 10.9 Å². The molecule has 31 heavy (non-hydrogen) atoms. The Morgan fingerprint density at radius 3 is 2.16 bits per heavy atom. The highest BCUT2D eigenvalue weighted by Gasteiger charge is 2.24. The molecule has 0 aliphatic rings. The van der Waals surface area contributed by atoms with E-state index >= 15 is 0 Å². The molecule has 0 N–H and O–H groups in total. The zero-order valence-corrected chi connectivity index (χ0v) is 19.1. The Hall–Kier alpha value is -3.41. The van der Waals surface area contributed by atoms with E-state index in [1.165, 1.54) is 0 Å². The number of likely N-dealkylation sites (N-methyl/N-ethyl adjacent to an activating group) is 1. The van der Waals surface area contributed by atoms with E-state index in [9.17, 15) is 9.59 Å². The highest BCUT2D eigenvalue weighted by molar-refractivity contribution is 6.14. The van der Waals surface area contributed by atoms with Gasteiger partial charge in [0.1, 0.15) is 5.82 Å². The van der Waals surface area contributed by atoms with Gasteiger partial charge in [-0.05, 0) is 43.7 Å². The number of hydrogen-bond acceptors (Lipinski definition) is 4. The number of fused-ring (bicyclic) bond motifs is 1. The summed E-state index contributed by atoms with van der Waals surface area (Å²) in [5.41, 5.74) is 3.13. The number of anilines is 2. The predicted molar refractivity (Wildman–Crippen MR) is 127 cm³/mol. The highest BCUT2D eigenvalue weighted by atomic mass is 16.2. The van der Waals surface area contributed by atoms with Gasteiger partial charge in [0, 0.05) is 45.3 Å². The fourth-order valence-electron chi connectivity index (χ4n) is 3.45. The Morgan fingerprint density at radius 1 is 0.935 bits per heavy atom. The molecule has 2 aromatic carbocycles. The first kappa shape index (κ1) is 22.3. The van der Waals surface area contributed by atoms with Crippen LogP contribution in [0, 0.1) is 0 Å². The molecule has 1 aromatic heterocycles.